The number of carbonyl (C=O) groups excluding carboxylic acids is 1. The first-order valence-electron chi connectivity index (χ1n) is 10.5. The zero-order valence-electron chi connectivity index (χ0n) is 18.8. The van der Waals surface area contributed by atoms with E-state index in [-0.39, 0.29) is 12.5 Å². The van der Waals surface area contributed by atoms with Crippen LogP contribution >= 0.6 is 0 Å². The van der Waals surface area contributed by atoms with Gasteiger partial charge < -0.3 is 28.8 Å². The van der Waals surface area contributed by atoms with Crippen LogP contribution in [0.4, 0.5) is 5.69 Å². The highest BCUT2D eigenvalue weighted by Crippen LogP contribution is 2.30. The predicted molar refractivity (Wildman–Crippen MR) is 122 cm³/mol. The molecule has 0 bridgehead atoms. The molecule has 8 nitrogen and oxygen atoms in total. The molecular formula is C24H29N2O6+. The highest BCUT2D eigenvalue weighted by atomic mass is 16.5. The van der Waals surface area contributed by atoms with E-state index in [4.69, 9.17) is 18.6 Å². The highest BCUT2D eigenvalue weighted by molar-refractivity contribution is 5.91. The Kier molecular flexibility index (Phi) is 7.72. The smallest absolute Gasteiger partial charge is 0.336 e. The molecule has 2 N–H and O–H groups in total. The molecule has 1 unspecified atom stereocenters. The lowest BCUT2D eigenvalue weighted by molar-refractivity contribution is -0.885. The third-order valence-corrected chi connectivity index (χ3v) is 4.82. The van der Waals surface area contributed by atoms with Crippen molar-refractivity contribution in [3.8, 4) is 17.2 Å². The molecule has 0 saturated carbocycles. The Morgan fingerprint density at radius 1 is 1.03 bits per heavy atom. The van der Waals surface area contributed by atoms with Gasteiger partial charge in [0.1, 0.15) is 17.9 Å². The Morgan fingerprint density at radius 3 is 2.50 bits per heavy atom. The summed E-state index contributed by atoms with van der Waals surface area (Å²) in [5.74, 6) is 1.69. The zero-order valence-corrected chi connectivity index (χ0v) is 18.8. The van der Waals surface area contributed by atoms with Crippen molar-refractivity contribution in [1.29, 1.82) is 0 Å². The molecule has 3 aromatic rings. The molecule has 32 heavy (non-hydrogen) atoms. The number of hydrogen-bond donors (Lipinski definition) is 2. The van der Waals surface area contributed by atoms with Gasteiger partial charge in [-0.15, -0.1) is 0 Å². The molecule has 2 aromatic carbocycles. The Labute approximate surface area is 186 Å². The van der Waals surface area contributed by atoms with Crippen molar-refractivity contribution >= 4 is 22.6 Å². The van der Waals surface area contributed by atoms with Crippen LogP contribution in [-0.4, -0.2) is 39.8 Å². The van der Waals surface area contributed by atoms with Crippen LogP contribution in [0.25, 0.3) is 11.0 Å². The summed E-state index contributed by atoms with van der Waals surface area (Å²) >= 11 is 0. The van der Waals surface area contributed by atoms with E-state index in [9.17, 15) is 9.59 Å². The number of nitrogens with one attached hydrogen (secondary N) is 2. The van der Waals surface area contributed by atoms with Crippen LogP contribution in [0.2, 0.25) is 0 Å². The second kappa shape index (κ2) is 10.7. The number of fused-ring (bicyclic) bond motifs is 1. The molecule has 1 heterocycles. The van der Waals surface area contributed by atoms with E-state index in [0.29, 0.717) is 48.3 Å². The fourth-order valence-corrected chi connectivity index (χ4v) is 3.48. The van der Waals surface area contributed by atoms with Gasteiger partial charge in [0.05, 0.1) is 27.4 Å². The van der Waals surface area contributed by atoms with Crippen LogP contribution in [0.5, 0.6) is 17.2 Å². The quantitative estimate of drug-likeness (QED) is 0.469. The molecule has 0 radical (unpaired) electrons. The summed E-state index contributed by atoms with van der Waals surface area (Å²) in [6.45, 7) is 5.52. The Hall–Kier alpha value is -3.52. The minimum atomic E-state index is -0.434. The zero-order chi connectivity index (χ0) is 23.1. The molecule has 0 aliphatic rings. The molecule has 0 saturated heterocycles. The van der Waals surface area contributed by atoms with Gasteiger partial charge in [-0.25, -0.2) is 4.79 Å². The number of carbonyl (C=O) groups is 1. The number of amides is 1. The first-order chi connectivity index (χ1) is 15.4. The van der Waals surface area contributed by atoms with E-state index in [0.717, 1.165) is 15.8 Å². The normalized spacial score (nSPS) is 11.8. The summed E-state index contributed by atoms with van der Waals surface area (Å²) in [6.07, 6.45) is 0. The second-order valence-electron chi connectivity index (χ2n) is 7.34. The van der Waals surface area contributed by atoms with Gasteiger partial charge in [-0.05, 0) is 38.1 Å². The van der Waals surface area contributed by atoms with E-state index in [1.807, 2.05) is 33.0 Å². The Morgan fingerprint density at radius 2 is 1.78 bits per heavy atom. The lowest BCUT2D eigenvalue weighted by atomic mass is 10.1. The summed E-state index contributed by atoms with van der Waals surface area (Å²) in [7, 11) is 3.45. The fourth-order valence-electron chi connectivity index (χ4n) is 3.48. The first kappa shape index (κ1) is 23.1. The predicted octanol–water partition coefficient (Wildman–Crippen LogP) is 2.25. The van der Waals surface area contributed by atoms with Gasteiger partial charge in [-0.3, -0.25) is 4.79 Å². The molecule has 8 heteroatoms. The summed E-state index contributed by atoms with van der Waals surface area (Å²) in [4.78, 5) is 25.5. The van der Waals surface area contributed by atoms with Gasteiger partial charge >= 0.3 is 5.63 Å². The van der Waals surface area contributed by atoms with E-state index in [1.54, 1.807) is 31.4 Å². The van der Waals surface area contributed by atoms with Crippen LogP contribution in [0.15, 0.2) is 51.7 Å². The van der Waals surface area contributed by atoms with Gasteiger partial charge in [0, 0.05) is 34.8 Å². The van der Waals surface area contributed by atoms with Crippen LogP contribution in [0, 0.1) is 0 Å². The SMILES string of the molecule is CCOc1ccc(NC(=O)C[NH+](C)Cc2cc(=O)oc3cc(OC)ccc23)cc1OCC. The van der Waals surface area contributed by atoms with E-state index < -0.39 is 5.63 Å². The number of anilines is 1. The third-order valence-electron chi connectivity index (χ3n) is 4.82. The van der Waals surface area contributed by atoms with E-state index in [1.165, 1.54) is 6.07 Å². The Bertz CT molecular complexity index is 1140. The van der Waals surface area contributed by atoms with Gasteiger partial charge in [-0.1, -0.05) is 0 Å². The van der Waals surface area contributed by atoms with Crippen molar-refractivity contribution in [1.82, 2.24) is 0 Å². The Balaban J connectivity index is 1.69. The molecule has 1 atom stereocenters. The summed E-state index contributed by atoms with van der Waals surface area (Å²) in [5, 5.41) is 3.72. The van der Waals surface area contributed by atoms with Crippen LogP contribution in [-0.2, 0) is 11.3 Å². The number of ether oxygens (including phenoxy) is 3. The minimum Gasteiger partial charge on any atom is -0.497 e. The maximum absolute atomic E-state index is 12.6. The summed E-state index contributed by atoms with van der Waals surface area (Å²) in [6, 6.07) is 12.1. The van der Waals surface area contributed by atoms with Crippen molar-refractivity contribution in [3.05, 3.63) is 58.4 Å². The maximum atomic E-state index is 12.6. The standard InChI is InChI=1S/C24H28N2O6/c1-5-30-20-10-7-17(12-22(20)31-6-2)25-23(27)15-26(3)14-16-11-24(28)32-21-13-18(29-4)8-9-19(16)21/h7-13H,5-6,14-15H2,1-4H3,(H,25,27)/p+1. The van der Waals surface area contributed by atoms with Gasteiger partial charge in [0.25, 0.3) is 5.91 Å². The average molecular weight is 442 g/mol. The van der Waals surface area contributed by atoms with E-state index in [2.05, 4.69) is 5.32 Å². The summed E-state index contributed by atoms with van der Waals surface area (Å²) in [5.41, 5.74) is 1.47. The fraction of sp³-hybridized carbons (Fsp3) is 0.333. The molecular weight excluding hydrogens is 412 g/mol. The second-order valence-corrected chi connectivity index (χ2v) is 7.34. The first-order valence-corrected chi connectivity index (χ1v) is 10.5. The summed E-state index contributed by atoms with van der Waals surface area (Å²) < 4.78 is 21.7. The highest BCUT2D eigenvalue weighted by Gasteiger charge is 2.16. The number of quaternary nitrogens is 1. The third kappa shape index (κ3) is 5.79. The molecule has 3 rings (SSSR count). The number of rotatable bonds is 10. The average Bonchev–Trinajstić information content (AvgIpc) is 2.75. The van der Waals surface area contributed by atoms with Crippen molar-refractivity contribution in [3.63, 3.8) is 0 Å². The molecule has 0 aliphatic heterocycles. The largest absolute Gasteiger partial charge is 0.497 e. The number of likely N-dealkylation sites (N-methyl/N-ethyl adjacent to an activating group) is 1. The lowest BCUT2D eigenvalue weighted by Crippen LogP contribution is -3.08. The monoisotopic (exact) mass is 441 g/mol. The van der Waals surface area contributed by atoms with Crippen molar-refractivity contribution in [2.24, 2.45) is 0 Å². The molecule has 0 spiro atoms. The van der Waals surface area contributed by atoms with Gasteiger partial charge in [0.15, 0.2) is 18.0 Å². The van der Waals surface area contributed by atoms with Crippen LogP contribution in [0.3, 0.4) is 0 Å². The topological polar surface area (TPSA) is 91.4 Å². The van der Waals surface area contributed by atoms with E-state index >= 15 is 0 Å². The van der Waals surface area contributed by atoms with Crippen LogP contribution < -0.4 is 30.1 Å². The molecule has 0 aliphatic carbocycles. The van der Waals surface area contributed by atoms with Crippen molar-refractivity contribution in [2.75, 3.05) is 39.2 Å². The molecule has 170 valence electrons. The van der Waals surface area contributed by atoms with Gasteiger partial charge in [-0.2, -0.15) is 0 Å². The molecule has 0 fully saturated rings. The number of hydrogen-bond acceptors (Lipinski definition) is 6. The molecule has 1 amide bonds. The lowest BCUT2D eigenvalue weighted by Gasteiger charge is -2.16. The minimum absolute atomic E-state index is 0.150. The number of benzene rings is 2. The van der Waals surface area contributed by atoms with Crippen molar-refractivity contribution in [2.45, 2.75) is 20.4 Å². The van der Waals surface area contributed by atoms with Crippen LogP contribution in [0.1, 0.15) is 19.4 Å². The van der Waals surface area contributed by atoms with Crippen molar-refractivity contribution < 1.29 is 28.3 Å². The molecule has 1 aromatic heterocycles. The van der Waals surface area contributed by atoms with Gasteiger partial charge in [0.2, 0.25) is 0 Å². The maximum Gasteiger partial charge on any atom is 0.336 e. The number of methoxy groups -OCH3 is 1.